The molecule has 2 heteroatoms. The fourth-order valence-corrected chi connectivity index (χ4v) is 4.66. The van der Waals surface area contributed by atoms with Crippen LogP contribution in [-0.4, -0.2) is 15.0 Å². The molecule has 0 bridgehead atoms. The molecule has 116 valence electrons. The van der Waals surface area contributed by atoms with Gasteiger partial charge in [0, 0.05) is 0 Å². The predicted octanol–water partition coefficient (Wildman–Crippen LogP) is 4.60. The number of hydrogen-bond acceptors (Lipinski definition) is 1. The fraction of sp³-hybridized carbons (Fsp3) is 0.143. The van der Waals surface area contributed by atoms with Crippen LogP contribution in [0.3, 0.4) is 0 Å². The summed E-state index contributed by atoms with van der Waals surface area (Å²) in [6.45, 7) is 2.20. The van der Waals surface area contributed by atoms with E-state index in [4.69, 9.17) is 0 Å². The van der Waals surface area contributed by atoms with E-state index in [1.165, 1.54) is 21.3 Å². The molecule has 0 spiro atoms. The average molecular weight is 366 g/mol. The summed E-state index contributed by atoms with van der Waals surface area (Å²) in [4.78, 5) is 0. The van der Waals surface area contributed by atoms with Crippen LogP contribution in [-0.2, 0) is 0 Å². The molecule has 0 aliphatic heterocycles. The SMILES string of the molecule is Cc1ccccc1C(C[Se]c1ccccc1)Nc1ccccc1. The van der Waals surface area contributed by atoms with E-state index in [1.54, 1.807) is 0 Å². The van der Waals surface area contributed by atoms with Gasteiger partial charge in [0.2, 0.25) is 0 Å². The summed E-state index contributed by atoms with van der Waals surface area (Å²) in [5, 5.41) is 4.86. The minimum absolute atomic E-state index is 0.346. The summed E-state index contributed by atoms with van der Waals surface area (Å²) in [6.07, 6.45) is 0. The molecular formula is C21H21NSe. The Morgan fingerprint density at radius 2 is 1.39 bits per heavy atom. The molecule has 0 heterocycles. The number of anilines is 1. The first kappa shape index (κ1) is 15.9. The van der Waals surface area contributed by atoms with E-state index in [9.17, 15) is 0 Å². The van der Waals surface area contributed by atoms with Crippen molar-refractivity contribution in [3.05, 3.63) is 96.1 Å². The topological polar surface area (TPSA) is 12.0 Å². The van der Waals surface area contributed by atoms with Crippen molar-refractivity contribution in [1.82, 2.24) is 0 Å². The first-order chi connectivity index (χ1) is 11.3. The molecule has 0 saturated carbocycles. The second kappa shape index (κ2) is 8.01. The Balaban J connectivity index is 1.80. The number of para-hydroxylation sites is 1. The average Bonchev–Trinajstić information content (AvgIpc) is 2.61. The van der Waals surface area contributed by atoms with E-state index in [2.05, 4.69) is 97.2 Å². The monoisotopic (exact) mass is 367 g/mol. The quantitative estimate of drug-likeness (QED) is 0.629. The first-order valence-corrected chi connectivity index (χ1v) is 9.94. The molecule has 1 atom stereocenters. The summed E-state index contributed by atoms with van der Waals surface area (Å²) >= 11 is 0.454. The zero-order chi connectivity index (χ0) is 15.9. The molecule has 0 radical (unpaired) electrons. The minimum atomic E-state index is 0.346. The molecule has 1 nitrogen and oxygen atoms in total. The summed E-state index contributed by atoms with van der Waals surface area (Å²) in [6, 6.07) is 30.4. The van der Waals surface area contributed by atoms with Gasteiger partial charge in [0.05, 0.1) is 0 Å². The molecule has 3 aromatic carbocycles. The normalized spacial score (nSPS) is 11.9. The zero-order valence-electron chi connectivity index (χ0n) is 13.3. The van der Waals surface area contributed by atoms with E-state index in [0.29, 0.717) is 21.0 Å². The summed E-state index contributed by atoms with van der Waals surface area (Å²) in [5.74, 6) is 0. The van der Waals surface area contributed by atoms with Crippen LogP contribution in [0.5, 0.6) is 0 Å². The van der Waals surface area contributed by atoms with Crippen LogP contribution < -0.4 is 9.78 Å². The summed E-state index contributed by atoms with van der Waals surface area (Å²) in [7, 11) is 0. The van der Waals surface area contributed by atoms with Gasteiger partial charge in [-0.15, -0.1) is 0 Å². The van der Waals surface area contributed by atoms with Gasteiger partial charge in [0.25, 0.3) is 0 Å². The molecule has 1 unspecified atom stereocenters. The third-order valence-corrected chi connectivity index (χ3v) is 6.16. The molecule has 23 heavy (non-hydrogen) atoms. The Morgan fingerprint density at radius 3 is 2.09 bits per heavy atom. The number of aryl methyl sites for hydroxylation is 1. The van der Waals surface area contributed by atoms with Gasteiger partial charge in [-0.3, -0.25) is 0 Å². The van der Waals surface area contributed by atoms with Crippen molar-refractivity contribution in [3.63, 3.8) is 0 Å². The maximum atomic E-state index is 3.72. The Bertz CT molecular complexity index is 725. The van der Waals surface area contributed by atoms with Gasteiger partial charge in [-0.25, -0.2) is 0 Å². The molecule has 0 aliphatic rings. The van der Waals surface area contributed by atoms with Crippen LogP contribution >= 0.6 is 0 Å². The molecule has 0 aliphatic carbocycles. The van der Waals surface area contributed by atoms with Crippen molar-refractivity contribution in [2.45, 2.75) is 18.3 Å². The van der Waals surface area contributed by atoms with E-state index in [0.717, 1.165) is 5.32 Å². The molecule has 0 fully saturated rings. The van der Waals surface area contributed by atoms with E-state index < -0.39 is 0 Å². The van der Waals surface area contributed by atoms with E-state index >= 15 is 0 Å². The number of nitrogens with one attached hydrogen (secondary N) is 1. The second-order valence-electron chi connectivity index (χ2n) is 5.54. The number of hydrogen-bond donors (Lipinski definition) is 1. The number of rotatable bonds is 6. The molecule has 1 N–H and O–H groups in total. The summed E-state index contributed by atoms with van der Waals surface area (Å²) in [5.41, 5.74) is 3.93. The van der Waals surface area contributed by atoms with Crippen molar-refractivity contribution in [1.29, 1.82) is 0 Å². The maximum absolute atomic E-state index is 3.72. The van der Waals surface area contributed by atoms with Crippen LogP contribution in [0.15, 0.2) is 84.9 Å². The summed E-state index contributed by atoms with van der Waals surface area (Å²) < 4.78 is 1.45. The van der Waals surface area contributed by atoms with Gasteiger partial charge < -0.3 is 0 Å². The number of benzene rings is 3. The Morgan fingerprint density at radius 1 is 0.783 bits per heavy atom. The van der Waals surface area contributed by atoms with Crippen molar-refractivity contribution in [2.75, 3.05) is 5.32 Å². The van der Waals surface area contributed by atoms with E-state index in [-0.39, 0.29) is 0 Å². The van der Waals surface area contributed by atoms with E-state index in [1.807, 2.05) is 0 Å². The third kappa shape index (κ3) is 4.48. The molecule has 3 rings (SSSR count). The Kier molecular flexibility index (Phi) is 5.52. The van der Waals surface area contributed by atoms with Crippen LogP contribution in [0.1, 0.15) is 17.2 Å². The predicted molar refractivity (Wildman–Crippen MR) is 101 cm³/mol. The first-order valence-electron chi connectivity index (χ1n) is 7.88. The molecule has 0 amide bonds. The standard InChI is InChI=1S/C21H21NSe/c1-17-10-8-9-15-20(17)21(22-18-11-4-2-5-12-18)16-23-19-13-6-3-7-14-19/h2-15,21-22H,16H2,1H3. The van der Waals surface area contributed by atoms with Gasteiger partial charge in [0.1, 0.15) is 0 Å². The Hall–Kier alpha value is -2.02. The van der Waals surface area contributed by atoms with Crippen LogP contribution in [0.25, 0.3) is 0 Å². The fourth-order valence-electron chi connectivity index (χ4n) is 2.62. The molecule has 0 aromatic heterocycles. The second-order valence-corrected chi connectivity index (χ2v) is 7.84. The molecule has 0 saturated heterocycles. The van der Waals surface area contributed by atoms with Crippen molar-refractivity contribution in [3.8, 4) is 0 Å². The zero-order valence-corrected chi connectivity index (χ0v) is 15.0. The third-order valence-electron chi connectivity index (χ3n) is 3.84. The van der Waals surface area contributed by atoms with Gasteiger partial charge in [-0.05, 0) is 0 Å². The van der Waals surface area contributed by atoms with Crippen molar-refractivity contribution < 1.29 is 0 Å². The van der Waals surface area contributed by atoms with Gasteiger partial charge >= 0.3 is 145 Å². The molecule has 3 aromatic rings. The van der Waals surface area contributed by atoms with Crippen molar-refractivity contribution >= 4 is 25.1 Å². The van der Waals surface area contributed by atoms with Gasteiger partial charge in [0.15, 0.2) is 0 Å². The van der Waals surface area contributed by atoms with Crippen molar-refractivity contribution in [2.24, 2.45) is 0 Å². The van der Waals surface area contributed by atoms with Gasteiger partial charge in [-0.2, -0.15) is 0 Å². The van der Waals surface area contributed by atoms with Gasteiger partial charge in [-0.1, -0.05) is 0 Å². The van der Waals surface area contributed by atoms with Crippen LogP contribution in [0.4, 0.5) is 5.69 Å². The van der Waals surface area contributed by atoms with Crippen LogP contribution in [0, 0.1) is 6.92 Å². The van der Waals surface area contributed by atoms with Crippen LogP contribution in [0.2, 0.25) is 5.32 Å². The Labute approximate surface area is 144 Å². The molecular weight excluding hydrogens is 345 g/mol.